The summed E-state index contributed by atoms with van der Waals surface area (Å²) in [6.45, 7) is 0.604. The van der Waals surface area contributed by atoms with Crippen molar-refractivity contribution in [1.29, 1.82) is 0 Å². The maximum absolute atomic E-state index is 5.49. The van der Waals surface area contributed by atoms with Crippen LogP contribution in [0.4, 0.5) is 5.82 Å². The number of hydrogen-bond donors (Lipinski definition) is 2. The van der Waals surface area contributed by atoms with E-state index in [4.69, 9.17) is 5.73 Å². The van der Waals surface area contributed by atoms with Crippen molar-refractivity contribution >= 4 is 5.82 Å². The van der Waals surface area contributed by atoms with Crippen LogP contribution in [0, 0.1) is 0 Å². The van der Waals surface area contributed by atoms with Gasteiger partial charge in [0.1, 0.15) is 11.6 Å². The molecule has 4 heteroatoms. The molecule has 1 heterocycles. The first-order chi connectivity index (χ1) is 7.88. The van der Waals surface area contributed by atoms with Gasteiger partial charge in [0.2, 0.25) is 0 Å². The monoisotopic (exact) mass is 220 g/mol. The van der Waals surface area contributed by atoms with Gasteiger partial charge in [-0.2, -0.15) is 0 Å². The smallest absolute Gasteiger partial charge is 0.131 e. The Morgan fingerprint density at radius 1 is 1.31 bits per heavy atom. The highest BCUT2D eigenvalue weighted by Crippen LogP contribution is 2.20. The van der Waals surface area contributed by atoms with Crippen molar-refractivity contribution in [2.45, 2.75) is 44.6 Å². The fraction of sp³-hybridized carbons (Fsp3) is 0.667. The zero-order valence-corrected chi connectivity index (χ0v) is 9.65. The Labute approximate surface area is 96.7 Å². The molecule has 16 heavy (non-hydrogen) atoms. The maximum atomic E-state index is 5.49. The van der Waals surface area contributed by atoms with Crippen LogP contribution in [0.15, 0.2) is 12.3 Å². The second-order valence-electron chi connectivity index (χ2n) is 4.38. The Morgan fingerprint density at radius 3 is 2.88 bits per heavy atom. The van der Waals surface area contributed by atoms with Crippen molar-refractivity contribution < 1.29 is 0 Å². The van der Waals surface area contributed by atoms with Gasteiger partial charge >= 0.3 is 0 Å². The van der Waals surface area contributed by atoms with Crippen molar-refractivity contribution in [3.8, 4) is 0 Å². The molecule has 2 rings (SSSR count). The van der Waals surface area contributed by atoms with Crippen LogP contribution in [0.5, 0.6) is 0 Å². The molecule has 0 amide bonds. The molecular formula is C12H20N4. The summed E-state index contributed by atoms with van der Waals surface area (Å²) in [4.78, 5) is 8.65. The van der Waals surface area contributed by atoms with Gasteiger partial charge in [-0.15, -0.1) is 0 Å². The molecule has 1 fully saturated rings. The fourth-order valence-electron chi connectivity index (χ4n) is 2.19. The molecule has 1 aromatic heterocycles. The lowest BCUT2D eigenvalue weighted by Crippen LogP contribution is -2.23. The first-order valence-corrected chi connectivity index (χ1v) is 6.17. The lowest BCUT2D eigenvalue weighted by Gasteiger charge is -2.23. The van der Waals surface area contributed by atoms with Crippen molar-refractivity contribution in [2.75, 3.05) is 11.9 Å². The number of hydrogen-bond acceptors (Lipinski definition) is 4. The van der Waals surface area contributed by atoms with Gasteiger partial charge < -0.3 is 11.1 Å². The number of nitrogens with one attached hydrogen (secondary N) is 1. The van der Waals surface area contributed by atoms with Crippen LogP contribution in [-0.2, 0) is 6.42 Å². The third-order valence-electron chi connectivity index (χ3n) is 3.03. The highest BCUT2D eigenvalue weighted by Gasteiger charge is 2.13. The van der Waals surface area contributed by atoms with E-state index in [1.54, 1.807) is 0 Å². The number of anilines is 1. The van der Waals surface area contributed by atoms with Crippen molar-refractivity contribution in [3.05, 3.63) is 18.1 Å². The Morgan fingerprint density at radius 2 is 2.12 bits per heavy atom. The van der Waals surface area contributed by atoms with Gasteiger partial charge in [0.25, 0.3) is 0 Å². The average Bonchev–Trinajstić information content (AvgIpc) is 2.31. The Balaban J connectivity index is 1.94. The third-order valence-corrected chi connectivity index (χ3v) is 3.03. The van der Waals surface area contributed by atoms with Crippen LogP contribution in [0.25, 0.3) is 0 Å². The molecule has 1 saturated carbocycles. The van der Waals surface area contributed by atoms with Gasteiger partial charge in [0.05, 0.1) is 0 Å². The summed E-state index contributed by atoms with van der Waals surface area (Å²) in [5.74, 6) is 1.79. The van der Waals surface area contributed by atoms with Crippen molar-refractivity contribution in [3.63, 3.8) is 0 Å². The minimum Gasteiger partial charge on any atom is -0.367 e. The number of nitrogens with zero attached hydrogens (tertiary/aromatic N) is 2. The molecule has 0 atom stereocenters. The molecule has 0 bridgehead atoms. The normalized spacial score (nSPS) is 17.3. The standard InChI is InChI=1S/C12H20N4/c13-8-6-11-14-9-7-12(16-11)15-10-4-2-1-3-5-10/h7,9-10H,1-6,8,13H2,(H,14,15,16). The molecule has 1 aliphatic rings. The summed E-state index contributed by atoms with van der Waals surface area (Å²) in [7, 11) is 0. The van der Waals surface area contributed by atoms with E-state index < -0.39 is 0 Å². The van der Waals surface area contributed by atoms with Crippen LogP contribution in [0.3, 0.4) is 0 Å². The van der Waals surface area contributed by atoms with Gasteiger partial charge in [0.15, 0.2) is 0 Å². The lowest BCUT2D eigenvalue weighted by atomic mass is 9.95. The first-order valence-electron chi connectivity index (χ1n) is 6.17. The quantitative estimate of drug-likeness (QED) is 0.811. The van der Waals surface area contributed by atoms with Crippen molar-refractivity contribution in [1.82, 2.24) is 9.97 Å². The van der Waals surface area contributed by atoms with Gasteiger partial charge in [-0.25, -0.2) is 9.97 Å². The molecule has 0 aliphatic heterocycles. The summed E-state index contributed by atoms with van der Waals surface area (Å²) in [5, 5.41) is 3.49. The molecule has 0 radical (unpaired) electrons. The van der Waals surface area contributed by atoms with Crippen LogP contribution >= 0.6 is 0 Å². The van der Waals surface area contributed by atoms with E-state index >= 15 is 0 Å². The van der Waals surface area contributed by atoms with E-state index in [2.05, 4.69) is 15.3 Å². The minimum absolute atomic E-state index is 0.592. The summed E-state index contributed by atoms with van der Waals surface area (Å²) >= 11 is 0. The molecule has 0 aromatic carbocycles. The largest absolute Gasteiger partial charge is 0.367 e. The minimum atomic E-state index is 0.592. The van der Waals surface area contributed by atoms with E-state index in [0.717, 1.165) is 18.1 Å². The highest BCUT2D eigenvalue weighted by molar-refractivity contribution is 5.34. The van der Waals surface area contributed by atoms with E-state index in [1.165, 1.54) is 32.1 Å². The average molecular weight is 220 g/mol. The van der Waals surface area contributed by atoms with Gasteiger partial charge in [-0.05, 0) is 25.5 Å². The van der Waals surface area contributed by atoms with Crippen LogP contribution in [0.2, 0.25) is 0 Å². The van der Waals surface area contributed by atoms with Gasteiger partial charge in [-0.1, -0.05) is 19.3 Å². The number of rotatable bonds is 4. The molecule has 4 nitrogen and oxygen atoms in total. The highest BCUT2D eigenvalue weighted by atomic mass is 15.0. The topological polar surface area (TPSA) is 63.8 Å². The molecule has 0 unspecified atom stereocenters. The molecule has 0 spiro atoms. The molecule has 0 saturated heterocycles. The predicted octanol–water partition coefficient (Wildman–Crippen LogP) is 1.72. The summed E-state index contributed by atoms with van der Waals surface area (Å²) in [6.07, 6.45) is 9.12. The lowest BCUT2D eigenvalue weighted by molar-refractivity contribution is 0.461. The van der Waals surface area contributed by atoms with E-state index in [0.29, 0.717) is 12.6 Å². The van der Waals surface area contributed by atoms with Crippen molar-refractivity contribution in [2.24, 2.45) is 5.73 Å². The Kier molecular flexibility index (Phi) is 4.10. The second kappa shape index (κ2) is 5.80. The van der Waals surface area contributed by atoms with Crippen LogP contribution in [0.1, 0.15) is 37.9 Å². The molecule has 88 valence electrons. The summed E-state index contributed by atoms with van der Waals surface area (Å²) in [5.41, 5.74) is 5.49. The number of aromatic nitrogens is 2. The third kappa shape index (κ3) is 3.17. The summed E-state index contributed by atoms with van der Waals surface area (Å²) < 4.78 is 0. The van der Waals surface area contributed by atoms with Crippen LogP contribution in [-0.4, -0.2) is 22.6 Å². The number of nitrogens with two attached hydrogens (primary N) is 1. The van der Waals surface area contributed by atoms with E-state index in [1.807, 2.05) is 12.3 Å². The van der Waals surface area contributed by atoms with Gasteiger partial charge in [0, 0.05) is 18.7 Å². The van der Waals surface area contributed by atoms with E-state index in [-0.39, 0.29) is 0 Å². The van der Waals surface area contributed by atoms with E-state index in [9.17, 15) is 0 Å². The molecular weight excluding hydrogens is 200 g/mol. The molecule has 1 aliphatic carbocycles. The van der Waals surface area contributed by atoms with Gasteiger partial charge in [-0.3, -0.25) is 0 Å². The zero-order chi connectivity index (χ0) is 11.2. The fourth-order valence-corrected chi connectivity index (χ4v) is 2.19. The molecule has 3 N–H and O–H groups in total. The SMILES string of the molecule is NCCc1nccc(NC2CCCCC2)n1. The second-order valence-corrected chi connectivity index (χ2v) is 4.38. The van der Waals surface area contributed by atoms with Crippen LogP contribution < -0.4 is 11.1 Å². The Hall–Kier alpha value is -1.16. The zero-order valence-electron chi connectivity index (χ0n) is 9.65. The summed E-state index contributed by atoms with van der Waals surface area (Å²) in [6, 6.07) is 2.53. The maximum Gasteiger partial charge on any atom is 0.131 e. The first kappa shape index (κ1) is 11.3. The predicted molar refractivity (Wildman–Crippen MR) is 65.3 cm³/mol. The Bertz CT molecular complexity index is 321. The molecule has 1 aromatic rings.